The van der Waals surface area contributed by atoms with Crippen molar-refractivity contribution in [3.8, 4) is 11.5 Å². The molecule has 0 spiro atoms. The van der Waals surface area contributed by atoms with E-state index < -0.39 is 0 Å². The van der Waals surface area contributed by atoms with E-state index in [-0.39, 0.29) is 0 Å². The minimum Gasteiger partial charge on any atom is -0.486 e. The molecule has 0 amide bonds. The fraction of sp³-hybridized carbons (Fsp3) is 0.214. The van der Waals surface area contributed by atoms with Crippen LogP contribution in [0.3, 0.4) is 0 Å². The second-order valence-corrected chi connectivity index (χ2v) is 5.68. The van der Waals surface area contributed by atoms with E-state index in [2.05, 4.69) is 36.3 Å². The summed E-state index contributed by atoms with van der Waals surface area (Å²) in [5.74, 6) is 2.14. The molecule has 3 heterocycles. The Morgan fingerprint density at radius 2 is 1.95 bits per heavy atom. The van der Waals surface area contributed by atoms with E-state index in [1.165, 1.54) is 6.33 Å². The maximum Gasteiger partial charge on any atom is 0.163 e. The standard InChI is InChI=1S/C14H12BrN5O2/c1-20-14-8(6-18-20)13(16-7-17-14)19-10-5-12-11(4-9(10)15)21-2-3-22-12/h4-7H,2-3H2,1H3,(H,16,17,19). The van der Waals surface area contributed by atoms with Gasteiger partial charge in [-0.05, 0) is 15.9 Å². The number of hydrogen-bond donors (Lipinski definition) is 1. The molecule has 0 unspecified atom stereocenters. The zero-order chi connectivity index (χ0) is 15.1. The lowest BCUT2D eigenvalue weighted by Crippen LogP contribution is -2.15. The zero-order valence-corrected chi connectivity index (χ0v) is 13.3. The van der Waals surface area contributed by atoms with Crippen LogP contribution in [-0.4, -0.2) is 33.0 Å². The molecule has 1 aliphatic heterocycles. The molecule has 1 aromatic carbocycles. The van der Waals surface area contributed by atoms with Crippen molar-refractivity contribution in [1.29, 1.82) is 0 Å². The average molecular weight is 362 g/mol. The first-order valence-electron chi connectivity index (χ1n) is 6.71. The van der Waals surface area contributed by atoms with Crippen molar-refractivity contribution in [3.63, 3.8) is 0 Å². The lowest BCUT2D eigenvalue weighted by molar-refractivity contribution is 0.171. The molecule has 0 aliphatic carbocycles. The van der Waals surface area contributed by atoms with Gasteiger partial charge in [-0.15, -0.1) is 0 Å². The zero-order valence-electron chi connectivity index (χ0n) is 11.7. The van der Waals surface area contributed by atoms with Crippen molar-refractivity contribution >= 4 is 38.5 Å². The number of fused-ring (bicyclic) bond motifs is 2. The second kappa shape index (κ2) is 5.13. The number of anilines is 2. The van der Waals surface area contributed by atoms with Gasteiger partial charge in [0.1, 0.15) is 25.4 Å². The van der Waals surface area contributed by atoms with Crippen molar-refractivity contribution in [2.75, 3.05) is 18.5 Å². The molecule has 1 aliphatic rings. The molecule has 2 aromatic heterocycles. The number of nitrogens with one attached hydrogen (secondary N) is 1. The van der Waals surface area contributed by atoms with Gasteiger partial charge in [-0.3, -0.25) is 4.68 Å². The van der Waals surface area contributed by atoms with Crippen LogP contribution in [0.25, 0.3) is 11.0 Å². The molecule has 112 valence electrons. The number of aryl methyl sites for hydroxylation is 1. The maximum atomic E-state index is 5.61. The van der Waals surface area contributed by atoms with Gasteiger partial charge in [0.2, 0.25) is 0 Å². The first-order chi connectivity index (χ1) is 10.7. The Bertz CT molecular complexity index is 864. The Balaban J connectivity index is 1.76. The Labute approximate surface area is 134 Å². The van der Waals surface area contributed by atoms with Gasteiger partial charge in [-0.25, -0.2) is 9.97 Å². The largest absolute Gasteiger partial charge is 0.486 e. The molecule has 22 heavy (non-hydrogen) atoms. The van der Waals surface area contributed by atoms with Crippen molar-refractivity contribution < 1.29 is 9.47 Å². The average Bonchev–Trinajstić information content (AvgIpc) is 2.91. The maximum absolute atomic E-state index is 5.61. The van der Waals surface area contributed by atoms with Crippen LogP contribution < -0.4 is 14.8 Å². The highest BCUT2D eigenvalue weighted by atomic mass is 79.9. The molecule has 1 N–H and O–H groups in total. The van der Waals surface area contributed by atoms with E-state index in [0.29, 0.717) is 24.8 Å². The SMILES string of the molecule is Cn1ncc2c(Nc3cc4c(cc3Br)OCCO4)ncnc21. The van der Waals surface area contributed by atoms with Crippen LogP contribution in [0.5, 0.6) is 11.5 Å². The molecule has 8 heteroatoms. The molecule has 4 rings (SSSR count). The third-order valence-corrected chi connectivity index (χ3v) is 4.07. The van der Waals surface area contributed by atoms with E-state index in [9.17, 15) is 0 Å². The molecule has 0 saturated carbocycles. The smallest absolute Gasteiger partial charge is 0.163 e. The summed E-state index contributed by atoms with van der Waals surface area (Å²) in [6.07, 6.45) is 3.25. The van der Waals surface area contributed by atoms with Crippen LogP contribution >= 0.6 is 15.9 Å². The van der Waals surface area contributed by atoms with Gasteiger partial charge in [0.25, 0.3) is 0 Å². The van der Waals surface area contributed by atoms with Crippen LogP contribution in [0, 0.1) is 0 Å². The van der Waals surface area contributed by atoms with Gasteiger partial charge >= 0.3 is 0 Å². The fourth-order valence-electron chi connectivity index (χ4n) is 2.35. The summed E-state index contributed by atoms with van der Waals surface area (Å²) in [6.45, 7) is 1.11. The van der Waals surface area contributed by atoms with E-state index in [0.717, 1.165) is 26.9 Å². The third-order valence-electron chi connectivity index (χ3n) is 3.41. The van der Waals surface area contributed by atoms with Gasteiger partial charge in [0, 0.05) is 23.7 Å². The first kappa shape index (κ1) is 13.3. The van der Waals surface area contributed by atoms with Crippen LogP contribution in [0.4, 0.5) is 11.5 Å². The quantitative estimate of drug-likeness (QED) is 0.756. The summed E-state index contributed by atoms with van der Waals surface area (Å²) in [6, 6.07) is 3.78. The molecule has 0 fully saturated rings. The predicted molar refractivity (Wildman–Crippen MR) is 84.7 cm³/mol. The minimum atomic E-state index is 0.550. The molecule has 0 atom stereocenters. The Morgan fingerprint density at radius 3 is 2.77 bits per heavy atom. The van der Waals surface area contributed by atoms with Crippen molar-refractivity contribution in [3.05, 3.63) is 29.1 Å². The number of hydrogen-bond acceptors (Lipinski definition) is 6. The van der Waals surface area contributed by atoms with Crippen molar-refractivity contribution in [2.24, 2.45) is 7.05 Å². The van der Waals surface area contributed by atoms with Crippen LogP contribution in [0.2, 0.25) is 0 Å². The van der Waals surface area contributed by atoms with E-state index in [4.69, 9.17) is 9.47 Å². The molecule has 0 saturated heterocycles. The topological polar surface area (TPSA) is 74.1 Å². The molecule has 7 nitrogen and oxygen atoms in total. The highest BCUT2D eigenvalue weighted by Gasteiger charge is 2.16. The van der Waals surface area contributed by atoms with Gasteiger partial charge < -0.3 is 14.8 Å². The van der Waals surface area contributed by atoms with Gasteiger partial charge in [0.15, 0.2) is 17.1 Å². The lowest BCUT2D eigenvalue weighted by Gasteiger charge is -2.20. The number of benzene rings is 1. The number of aromatic nitrogens is 4. The summed E-state index contributed by atoms with van der Waals surface area (Å²) in [5, 5.41) is 8.35. The fourth-order valence-corrected chi connectivity index (χ4v) is 2.77. The Kier molecular flexibility index (Phi) is 3.11. The first-order valence-corrected chi connectivity index (χ1v) is 7.50. The summed E-state index contributed by atoms with van der Waals surface area (Å²) < 4.78 is 13.8. The minimum absolute atomic E-state index is 0.550. The number of ether oxygens (including phenoxy) is 2. The molecule has 0 radical (unpaired) electrons. The van der Waals surface area contributed by atoms with Crippen LogP contribution in [0.15, 0.2) is 29.1 Å². The number of rotatable bonds is 2. The highest BCUT2D eigenvalue weighted by Crippen LogP contribution is 2.39. The molecular formula is C14H12BrN5O2. The van der Waals surface area contributed by atoms with Crippen molar-refractivity contribution in [1.82, 2.24) is 19.7 Å². The summed E-state index contributed by atoms with van der Waals surface area (Å²) in [5.41, 5.74) is 1.61. The van der Waals surface area contributed by atoms with E-state index in [1.54, 1.807) is 10.9 Å². The summed E-state index contributed by atoms with van der Waals surface area (Å²) in [4.78, 5) is 8.53. The van der Waals surface area contributed by atoms with E-state index >= 15 is 0 Å². The monoisotopic (exact) mass is 361 g/mol. The van der Waals surface area contributed by atoms with Crippen molar-refractivity contribution in [2.45, 2.75) is 0 Å². The third kappa shape index (κ3) is 2.16. The van der Waals surface area contributed by atoms with Crippen LogP contribution in [-0.2, 0) is 7.05 Å². The van der Waals surface area contributed by atoms with Gasteiger partial charge in [-0.1, -0.05) is 0 Å². The predicted octanol–water partition coefficient (Wildman–Crippen LogP) is 2.64. The molecule has 0 bridgehead atoms. The van der Waals surface area contributed by atoms with Gasteiger partial charge in [0.05, 0.1) is 17.3 Å². The number of halogens is 1. The van der Waals surface area contributed by atoms with E-state index in [1.807, 2.05) is 19.2 Å². The summed E-state index contributed by atoms with van der Waals surface area (Å²) in [7, 11) is 1.85. The highest BCUT2D eigenvalue weighted by molar-refractivity contribution is 9.10. The molecular weight excluding hydrogens is 350 g/mol. The normalized spacial score (nSPS) is 13.4. The molecule has 3 aromatic rings. The van der Waals surface area contributed by atoms with Crippen LogP contribution in [0.1, 0.15) is 0 Å². The lowest BCUT2D eigenvalue weighted by atomic mass is 10.2. The Hall–Kier alpha value is -2.35. The Morgan fingerprint density at radius 1 is 1.18 bits per heavy atom. The summed E-state index contributed by atoms with van der Waals surface area (Å²) >= 11 is 3.54. The second-order valence-electron chi connectivity index (χ2n) is 4.83. The number of nitrogens with zero attached hydrogens (tertiary/aromatic N) is 4. The van der Waals surface area contributed by atoms with Gasteiger partial charge in [-0.2, -0.15) is 5.10 Å².